The largest absolute Gasteiger partial charge is 0.373 e. The highest BCUT2D eigenvalue weighted by Crippen LogP contribution is 2.28. The summed E-state index contributed by atoms with van der Waals surface area (Å²) in [5, 5.41) is 4.68. The molecule has 0 saturated carbocycles. The van der Waals surface area contributed by atoms with Crippen LogP contribution in [0.15, 0.2) is 41.3 Å². The monoisotopic (exact) mass is 444 g/mol. The number of piperidine rings is 1. The van der Waals surface area contributed by atoms with Crippen LogP contribution in [0, 0.1) is 5.92 Å². The standard InChI is InChI=1S/C24H33ClN4O2/c1-18-15-27(16-19(2)31-18)11-8-20-9-12-28(13-10-20)22-14-26-29(24(30)23(22)25)17-21-6-4-3-5-7-21/h3-7,14,18-20H,8-13,15-17H2,1-2H3. The third-order valence-electron chi connectivity index (χ3n) is 6.45. The number of hydrogen-bond acceptors (Lipinski definition) is 5. The van der Waals surface area contributed by atoms with Crippen molar-refractivity contribution in [3.63, 3.8) is 0 Å². The van der Waals surface area contributed by atoms with E-state index in [1.165, 1.54) is 11.1 Å². The number of nitrogens with zero attached hydrogens (tertiary/aromatic N) is 4. The summed E-state index contributed by atoms with van der Waals surface area (Å²) < 4.78 is 7.28. The van der Waals surface area contributed by atoms with Crippen LogP contribution in [0.5, 0.6) is 0 Å². The molecule has 168 valence electrons. The van der Waals surface area contributed by atoms with Crippen LogP contribution in [-0.2, 0) is 11.3 Å². The van der Waals surface area contributed by atoms with E-state index >= 15 is 0 Å². The number of rotatable bonds is 6. The predicted molar refractivity (Wildman–Crippen MR) is 125 cm³/mol. The summed E-state index contributed by atoms with van der Waals surface area (Å²) >= 11 is 6.49. The Labute approximate surface area is 189 Å². The van der Waals surface area contributed by atoms with Gasteiger partial charge in [-0.1, -0.05) is 41.9 Å². The van der Waals surface area contributed by atoms with Gasteiger partial charge in [-0.2, -0.15) is 5.10 Å². The maximum atomic E-state index is 12.8. The van der Waals surface area contributed by atoms with Crippen molar-refractivity contribution in [3.8, 4) is 0 Å². The fourth-order valence-corrected chi connectivity index (χ4v) is 5.11. The zero-order valence-electron chi connectivity index (χ0n) is 18.5. The van der Waals surface area contributed by atoms with Crippen LogP contribution >= 0.6 is 11.6 Å². The molecule has 2 atom stereocenters. The van der Waals surface area contributed by atoms with E-state index in [4.69, 9.17) is 16.3 Å². The van der Waals surface area contributed by atoms with Gasteiger partial charge in [0, 0.05) is 26.2 Å². The first-order valence-electron chi connectivity index (χ1n) is 11.4. The fourth-order valence-electron chi connectivity index (χ4n) is 4.84. The van der Waals surface area contributed by atoms with E-state index in [9.17, 15) is 4.79 Å². The van der Waals surface area contributed by atoms with Gasteiger partial charge in [-0.25, -0.2) is 4.68 Å². The van der Waals surface area contributed by atoms with E-state index in [-0.39, 0.29) is 10.6 Å². The van der Waals surface area contributed by atoms with Crippen LogP contribution < -0.4 is 10.5 Å². The average Bonchev–Trinajstić information content (AvgIpc) is 2.76. The van der Waals surface area contributed by atoms with Gasteiger partial charge in [0.25, 0.3) is 5.56 Å². The number of hydrogen-bond donors (Lipinski definition) is 0. The minimum atomic E-state index is -0.222. The van der Waals surface area contributed by atoms with Crippen LogP contribution in [0.4, 0.5) is 5.69 Å². The molecule has 0 amide bonds. The zero-order chi connectivity index (χ0) is 21.8. The quantitative estimate of drug-likeness (QED) is 0.680. The number of ether oxygens (including phenoxy) is 1. The van der Waals surface area contributed by atoms with Crippen molar-refractivity contribution < 1.29 is 4.74 Å². The molecule has 0 N–H and O–H groups in total. The second-order valence-corrected chi connectivity index (χ2v) is 9.41. The van der Waals surface area contributed by atoms with Crippen molar-refractivity contribution in [1.82, 2.24) is 14.7 Å². The van der Waals surface area contributed by atoms with Gasteiger partial charge >= 0.3 is 0 Å². The molecule has 2 saturated heterocycles. The molecule has 0 bridgehead atoms. The van der Waals surface area contributed by atoms with Gasteiger partial charge in [-0.15, -0.1) is 0 Å². The van der Waals surface area contributed by atoms with Crippen molar-refractivity contribution in [3.05, 3.63) is 57.5 Å². The Morgan fingerprint density at radius 3 is 2.45 bits per heavy atom. The molecule has 3 heterocycles. The van der Waals surface area contributed by atoms with Crippen LogP contribution in [0.2, 0.25) is 5.02 Å². The lowest BCUT2D eigenvalue weighted by Crippen LogP contribution is -2.46. The SMILES string of the molecule is CC1CN(CCC2CCN(c3cnn(Cc4ccccc4)c(=O)c3Cl)CC2)CC(C)O1. The molecule has 2 fully saturated rings. The summed E-state index contributed by atoms with van der Waals surface area (Å²) in [6, 6.07) is 9.85. The summed E-state index contributed by atoms with van der Waals surface area (Å²) in [5.41, 5.74) is 1.58. The number of morpholine rings is 1. The molecule has 4 rings (SSSR count). The van der Waals surface area contributed by atoms with Gasteiger partial charge in [0.2, 0.25) is 0 Å². The van der Waals surface area contributed by atoms with Gasteiger partial charge in [-0.05, 0) is 51.1 Å². The zero-order valence-corrected chi connectivity index (χ0v) is 19.3. The Bertz CT molecular complexity index is 902. The van der Waals surface area contributed by atoms with Crippen molar-refractivity contribution in [1.29, 1.82) is 0 Å². The van der Waals surface area contributed by atoms with E-state index in [1.54, 1.807) is 6.20 Å². The Morgan fingerprint density at radius 1 is 1.10 bits per heavy atom. The molecule has 2 aliphatic rings. The molecule has 6 nitrogen and oxygen atoms in total. The normalized spacial score (nSPS) is 23.3. The molecule has 0 spiro atoms. The minimum Gasteiger partial charge on any atom is -0.373 e. The maximum Gasteiger partial charge on any atom is 0.287 e. The molecule has 2 unspecified atom stereocenters. The van der Waals surface area contributed by atoms with Gasteiger partial charge in [0.1, 0.15) is 5.02 Å². The first kappa shape index (κ1) is 22.3. The Hall–Kier alpha value is -1.89. The van der Waals surface area contributed by atoms with E-state index in [0.717, 1.165) is 62.7 Å². The number of aromatic nitrogens is 2. The highest BCUT2D eigenvalue weighted by atomic mass is 35.5. The summed E-state index contributed by atoms with van der Waals surface area (Å²) in [6.45, 7) is 9.79. The number of halogens is 1. The van der Waals surface area contributed by atoms with Crippen LogP contribution in [0.3, 0.4) is 0 Å². The highest BCUT2D eigenvalue weighted by molar-refractivity contribution is 6.33. The first-order chi connectivity index (χ1) is 15.0. The van der Waals surface area contributed by atoms with Gasteiger partial charge in [-0.3, -0.25) is 9.69 Å². The first-order valence-corrected chi connectivity index (χ1v) is 11.8. The van der Waals surface area contributed by atoms with Crippen molar-refractivity contribution >= 4 is 17.3 Å². The second kappa shape index (κ2) is 10.2. The Morgan fingerprint density at radius 2 is 1.77 bits per heavy atom. The van der Waals surface area contributed by atoms with Gasteiger partial charge in [0.05, 0.1) is 30.6 Å². The molecular weight excluding hydrogens is 412 g/mol. The van der Waals surface area contributed by atoms with E-state index in [1.807, 2.05) is 30.3 Å². The summed E-state index contributed by atoms with van der Waals surface area (Å²) in [5.74, 6) is 0.717. The molecular formula is C24H33ClN4O2. The number of benzene rings is 1. The highest BCUT2D eigenvalue weighted by Gasteiger charge is 2.25. The third kappa shape index (κ3) is 5.68. The van der Waals surface area contributed by atoms with Crippen LogP contribution in [0.1, 0.15) is 38.7 Å². The smallest absolute Gasteiger partial charge is 0.287 e. The predicted octanol–water partition coefficient (Wildman–Crippen LogP) is 3.66. The van der Waals surface area contributed by atoms with Crippen molar-refractivity contribution in [2.45, 2.75) is 51.9 Å². The molecule has 1 aromatic carbocycles. The molecule has 2 aliphatic heterocycles. The molecule has 0 aliphatic carbocycles. The fraction of sp³-hybridized carbons (Fsp3) is 0.583. The van der Waals surface area contributed by atoms with Gasteiger partial charge < -0.3 is 9.64 Å². The van der Waals surface area contributed by atoms with Gasteiger partial charge in [0.15, 0.2) is 0 Å². The third-order valence-corrected chi connectivity index (χ3v) is 6.80. The van der Waals surface area contributed by atoms with Crippen LogP contribution in [0.25, 0.3) is 0 Å². The lowest BCUT2D eigenvalue weighted by atomic mass is 9.93. The summed E-state index contributed by atoms with van der Waals surface area (Å²) in [7, 11) is 0. The molecule has 0 radical (unpaired) electrons. The number of anilines is 1. The molecule has 31 heavy (non-hydrogen) atoms. The average molecular weight is 445 g/mol. The maximum absolute atomic E-state index is 12.8. The topological polar surface area (TPSA) is 50.6 Å². The minimum absolute atomic E-state index is 0.222. The van der Waals surface area contributed by atoms with E-state index < -0.39 is 0 Å². The molecule has 7 heteroatoms. The van der Waals surface area contributed by atoms with E-state index in [2.05, 4.69) is 28.7 Å². The summed E-state index contributed by atoms with van der Waals surface area (Å²) in [4.78, 5) is 17.5. The second-order valence-electron chi connectivity index (χ2n) is 9.03. The molecule has 1 aromatic heterocycles. The van der Waals surface area contributed by atoms with Crippen molar-refractivity contribution in [2.24, 2.45) is 5.92 Å². The molecule has 2 aromatic rings. The van der Waals surface area contributed by atoms with Crippen molar-refractivity contribution in [2.75, 3.05) is 37.6 Å². The van der Waals surface area contributed by atoms with E-state index in [0.29, 0.717) is 18.8 Å². The Kier molecular flexibility index (Phi) is 7.31. The lowest BCUT2D eigenvalue weighted by Gasteiger charge is -2.37. The lowest BCUT2D eigenvalue weighted by molar-refractivity contribution is -0.0690. The summed E-state index contributed by atoms with van der Waals surface area (Å²) in [6.07, 6.45) is 5.87. The van der Waals surface area contributed by atoms with Crippen LogP contribution in [-0.4, -0.2) is 59.6 Å². The Balaban J connectivity index is 1.31.